The highest BCUT2D eigenvalue weighted by atomic mass is 32.2. The lowest BCUT2D eigenvalue weighted by molar-refractivity contribution is 0.442. The van der Waals surface area contributed by atoms with Gasteiger partial charge in [0, 0.05) is 21.6 Å². The van der Waals surface area contributed by atoms with Crippen molar-refractivity contribution in [3.05, 3.63) is 63.6 Å². The number of aryl methyl sites for hydroxylation is 1. The number of aromatic amines is 1. The maximum Gasteiger partial charge on any atom is 0.251 e. The molecule has 3 heteroatoms. The van der Waals surface area contributed by atoms with E-state index in [-0.39, 0.29) is 11.0 Å². The molecule has 1 N–H and O–H groups in total. The van der Waals surface area contributed by atoms with E-state index in [1.807, 2.05) is 13.0 Å². The predicted molar refractivity (Wildman–Crippen MR) is 101 cm³/mol. The van der Waals surface area contributed by atoms with Gasteiger partial charge in [-0.15, -0.1) is 11.8 Å². The number of thioether (sulfide) groups is 1. The van der Waals surface area contributed by atoms with Crippen LogP contribution in [0.4, 0.5) is 0 Å². The first kappa shape index (κ1) is 16.0. The molecule has 0 bridgehead atoms. The molecule has 1 aromatic heterocycles. The number of H-pyrrole nitrogens is 1. The minimum absolute atomic E-state index is 0.0266. The number of nitrogens with one attached hydrogen (secondary N) is 1. The molecule has 2 aliphatic carbocycles. The van der Waals surface area contributed by atoms with Crippen LogP contribution in [0.25, 0.3) is 0 Å². The maximum absolute atomic E-state index is 12.2. The SMILES string of the molecule is CSc1ccc([C@]2(c3ccc(C)c(=O)[nH]3)C[C@@H]2C2CCCC2)cc1. The van der Waals surface area contributed by atoms with Crippen LogP contribution in [0.5, 0.6) is 0 Å². The van der Waals surface area contributed by atoms with Gasteiger partial charge in [0.2, 0.25) is 0 Å². The molecule has 24 heavy (non-hydrogen) atoms. The second-order valence-corrected chi connectivity index (χ2v) is 8.32. The van der Waals surface area contributed by atoms with Crippen LogP contribution in [0.2, 0.25) is 0 Å². The lowest BCUT2D eigenvalue weighted by atomic mass is 9.84. The standard InChI is InChI=1S/C21H25NOS/c1-14-7-12-19(22-20(14)23)21(13-18(21)15-5-3-4-6-15)16-8-10-17(24-2)11-9-16/h7-12,15,18H,3-6,13H2,1-2H3,(H,22,23)/t18-,21-/m1/s1. The first-order chi connectivity index (χ1) is 11.6. The van der Waals surface area contributed by atoms with Gasteiger partial charge >= 0.3 is 0 Å². The van der Waals surface area contributed by atoms with Crippen molar-refractivity contribution in [1.29, 1.82) is 0 Å². The number of hydrogen-bond acceptors (Lipinski definition) is 2. The highest BCUT2D eigenvalue weighted by Gasteiger charge is 2.60. The average Bonchev–Trinajstić information content (AvgIpc) is 3.13. The summed E-state index contributed by atoms with van der Waals surface area (Å²) < 4.78 is 0. The first-order valence-corrected chi connectivity index (χ1v) is 10.2. The molecule has 2 saturated carbocycles. The molecule has 1 heterocycles. The molecular formula is C21H25NOS. The molecule has 0 spiro atoms. The Labute approximate surface area is 148 Å². The molecule has 0 aliphatic heterocycles. The number of rotatable bonds is 4. The summed E-state index contributed by atoms with van der Waals surface area (Å²) in [4.78, 5) is 16.7. The third-order valence-corrected chi connectivity index (χ3v) is 6.92. The summed E-state index contributed by atoms with van der Waals surface area (Å²) in [5, 5.41) is 0. The van der Waals surface area contributed by atoms with Crippen LogP contribution >= 0.6 is 11.8 Å². The third-order valence-electron chi connectivity index (χ3n) is 6.18. The summed E-state index contributed by atoms with van der Waals surface area (Å²) in [7, 11) is 0. The second kappa shape index (κ2) is 6.11. The van der Waals surface area contributed by atoms with Crippen LogP contribution < -0.4 is 5.56 Å². The Kier molecular flexibility index (Phi) is 4.07. The van der Waals surface area contributed by atoms with E-state index in [4.69, 9.17) is 0 Å². The Hall–Kier alpha value is -1.48. The predicted octanol–water partition coefficient (Wildman–Crippen LogP) is 4.90. The molecule has 2 nitrogen and oxygen atoms in total. The number of pyridine rings is 1. The van der Waals surface area contributed by atoms with Crippen molar-refractivity contribution >= 4 is 11.8 Å². The molecule has 0 amide bonds. The minimum Gasteiger partial charge on any atom is -0.325 e. The Bertz CT molecular complexity index is 788. The number of benzene rings is 1. The van der Waals surface area contributed by atoms with Crippen molar-refractivity contribution in [3.8, 4) is 0 Å². The maximum atomic E-state index is 12.2. The zero-order valence-corrected chi connectivity index (χ0v) is 15.3. The molecule has 2 atom stereocenters. The fourth-order valence-corrected chi connectivity index (χ4v) is 5.12. The number of aromatic nitrogens is 1. The van der Waals surface area contributed by atoms with E-state index in [0.717, 1.165) is 17.2 Å². The Morgan fingerprint density at radius 1 is 1.08 bits per heavy atom. The van der Waals surface area contributed by atoms with Crippen LogP contribution in [0.15, 0.2) is 46.1 Å². The zero-order valence-electron chi connectivity index (χ0n) is 14.5. The lowest BCUT2D eigenvalue weighted by Crippen LogP contribution is -2.22. The quantitative estimate of drug-likeness (QED) is 0.804. The minimum atomic E-state index is 0.0266. The summed E-state index contributed by atoms with van der Waals surface area (Å²) >= 11 is 1.78. The normalized spacial score (nSPS) is 26.7. The molecule has 126 valence electrons. The smallest absolute Gasteiger partial charge is 0.251 e. The zero-order chi connectivity index (χ0) is 16.7. The van der Waals surface area contributed by atoms with E-state index in [0.29, 0.717) is 5.92 Å². The summed E-state index contributed by atoms with van der Waals surface area (Å²) in [5.41, 5.74) is 3.37. The molecule has 0 radical (unpaired) electrons. The Balaban J connectivity index is 1.77. The molecule has 4 rings (SSSR count). The van der Waals surface area contributed by atoms with E-state index >= 15 is 0 Å². The van der Waals surface area contributed by atoms with Crippen molar-refractivity contribution in [2.75, 3.05) is 6.26 Å². The van der Waals surface area contributed by atoms with E-state index in [1.54, 1.807) is 11.8 Å². The Morgan fingerprint density at radius 2 is 1.79 bits per heavy atom. The van der Waals surface area contributed by atoms with Crippen LogP contribution in [0.3, 0.4) is 0 Å². The lowest BCUT2D eigenvalue weighted by Gasteiger charge is -2.22. The largest absolute Gasteiger partial charge is 0.325 e. The summed E-state index contributed by atoms with van der Waals surface area (Å²) in [6.07, 6.45) is 8.73. The molecule has 0 unspecified atom stereocenters. The van der Waals surface area contributed by atoms with Gasteiger partial charge in [-0.1, -0.05) is 43.9 Å². The second-order valence-electron chi connectivity index (χ2n) is 7.44. The molecule has 1 aromatic carbocycles. The van der Waals surface area contributed by atoms with Crippen molar-refractivity contribution in [3.63, 3.8) is 0 Å². The van der Waals surface area contributed by atoms with Gasteiger partial charge in [0.15, 0.2) is 0 Å². The third kappa shape index (κ3) is 2.54. The van der Waals surface area contributed by atoms with Crippen molar-refractivity contribution in [2.45, 2.75) is 49.3 Å². The van der Waals surface area contributed by atoms with Gasteiger partial charge in [-0.2, -0.15) is 0 Å². The highest BCUT2D eigenvalue weighted by molar-refractivity contribution is 7.98. The van der Waals surface area contributed by atoms with Gasteiger partial charge in [-0.05, 0) is 55.2 Å². The van der Waals surface area contributed by atoms with Gasteiger partial charge in [-0.25, -0.2) is 0 Å². The van der Waals surface area contributed by atoms with E-state index in [1.165, 1.54) is 42.6 Å². The van der Waals surface area contributed by atoms with Crippen molar-refractivity contribution in [2.24, 2.45) is 11.8 Å². The molecule has 2 aliphatic rings. The van der Waals surface area contributed by atoms with Gasteiger partial charge in [-0.3, -0.25) is 4.79 Å². The van der Waals surface area contributed by atoms with Gasteiger partial charge < -0.3 is 4.98 Å². The van der Waals surface area contributed by atoms with Crippen molar-refractivity contribution < 1.29 is 0 Å². The Morgan fingerprint density at radius 3 is 2.42 bits per heavy atom. The molecule has 0 saturated heterocycles. The van der Waals surface area contributed by atoms with E-state index in [9.17, 15) is 4.79 Å². The first-order valence-electron chi connectivity index (χ1n) is 9.00. The van der Waals surface area contributed by atoms with Crippen LogP contribution in [-0.2, 0) is 5.41 Å². The molecule has 2 aromatic rings. The summed E-state index contributed by atoms with van der Waals surface area (Å²) in [6.45, 7) is 1.88. The topological polar surface area (TPSA) is 32.9 Å². The van der Waals surface area contributed by atoms with Gasteiger partial charge in [0.25, 0.3) is 5.56 Å². The highest BCUT2D eigenvalue weighted by Crippen LogP contribution is 2.63. The fraction of sp³-hybridized carbons (Fsp3) is 0.476. The van der Waals surface area contributed by atoms with Crippen molar-refractivity contribution in [1.82, 2.24) is 4.98 Å². The van der Waals surface area contributed by atoms with E-state index < -0.39 is 0 Å². The summed E-state index contributed by atoms with van der Waals surface area (Å²) in [6, 6.07) is 13.1. The van der Waals surface area contributed by atoms with E-state index in [2.05, 4.69) is 41.6 Å². The fourth-order valence-electron chi connectivity index (χ4n) is 4.71. The van der Waals surface area contributed by atoms with Gasteiger partial charge in [0.05, 0.1) is 0 Å². The average molecular weight is 340 g/mol. The van der Waals surface area contributed by atoms with Crippen LogP contribution in [-0.4, -0.2) is 11.2 Å². The summed E-state index contributed by atoms with van der Waals surface area (Å²) in [5.74, 6) is 1.49. The monoisotopic (exact) mass is 339 g/mol. The van der Waals surface area contributed by atoms with Crippen LogP contribution in [0.1, 0.15) is 48.9 Å². The molecule has 2 fully saturated rings. The molecular weight excluding hydrogens is 314 g/mol. The number of hydrogen-bond donors (Lipinski definition) is 1. The van der Waals surface area contributed by atoms with Gasteiger partial charge in [0.1, 0.15) is 0 Å². The van der Waals surface area contributed by atoms with Crippen LogP contribution in [0, 0.1) is 18.8 Å².